The van der Waals surface area contributed by atoms with Gasteiger partial charge >= 0.3 is 6.03 Å². The van der Waals surface area contributed by atoms with E-state index in [1.165, 1.54) is 37.5 Å². The summed E-state index contributed by atoms with van der Waals surface area (Å²) in [5, 5.41) is 12.0. The average Bonchev–Trinajstić information content (AvgIpc) is 2.68. The Morgan fingerprint density at radius 2 is 1.86 bits per heavy atom. The number of phenolic OH excluding ortho intramolecular Hbond substituents is 1. The van der Waals surface area contributed by atoms with Crippen LogP contribution in [-0.4, -0.2) is 36.7 Å². The van der Waals surface area contributed by atoms with Crippen LogP contribution in [0.25, 0.3) is 6.08 Å². The Hall–Kier alpha value is -3.81. The van der Waals surface area contributed by atoms with Crippen LogP contribution in [0, 0.1) is 0 Å². The van der Waals surface area contributed by atoms with Crippen LogP contribution < -0.4 is 19.7 Å². The molecule has 1 fully saturated rings. The number of aromatic hydroxyl groups is 1. The predicted molar refractivity (Wildman–Crippen MR) is 101 cm³/mol. The zero-order valence-corrected chi connectivity index (χ0v) is 15.3. The maximum absolute atomic E-state index is 12.9. The van der Waals surface area contributed by atoms with Crippen LogP contribution in [0.15, 0.2) is 48.0 Å². The molecule has 1 heterocycles. The highest BCUT2D eigenvalue weighted by Crippen LogP contribution is 2.32. The number of carbonyl (C=O) groups excluding carboxylic acids is 3. The first-order chi connectivity index (χ1) is 13.5. The second kappa shape index (κ2) is 7.83. The van der Waals surface area contributed by atoms with Gasteiger partial charge in [0.05, 0.1) is 19.4 Å². The van der Waals surface area contributed by atoms with Crippen molar-refractivity contribution in [3.8, 4) is 17.2 Å². The molecule has 0 saturated carbocycles. The van der Waals surface area contributed by atoms with Gasteiger partial charge in [0.15, 0.2) is 11.5 Å². The van der Waals surface area contributed by atoms with Crippen molar-refractivity contribution in [3.05, 3.63) is 53.6 Å². The molecular weight excluding hydrogens is 364 g/mol. The molecule has 0 radical (unpaired) electrons. The third kappa shape index (κ3) is 3.52. The number of nitrogens with one attached hydrogen (secondary N) is 1. The van der Waals surface area contributed by atoms with Crippen molar-refractivity contribution in [2.45, 2.75) is 6.92 Å². The molecule has 0 spiro atoms. The summed E-state index contributed by atoms with van der Waals surface area (Å²) < 4.78 is 10.5. The van der Waals surface area contributed by atoms with Crippen LogP contribution in [0.2, 0.25) is 0 Å². The zero-order valence-electron chi connectivity index (χ0n) is 15.3. The monoisotopic (exact) mass is 382 g/mol. The Kier molecular flexibility index (Phi) is 5.30. The van der Waals surface area contributed by atoms with Crippen molar-refractivity contribution in [1.82, 2.24) is 5.32 Å². The highest BCUT2D eigenvalue weighted by molar-refractivity contribution is 6.39. The molecule has 1 aliphatic rings. The van der Waals surface area contributed by atoms with E-state index in [-0.39, 0.29) is 22.8 Å². The number of imide groups is 2. The van der Waals surface area contributed by atoms with Gasteiger partial charge in [-0.05, 0) is 42.8 Å². The summed E-state index contributed by atoms with van der Waals surface area (Å²) in [6, 6.07) is 10.0. The van der Waals surface area contributed by atoms with Gasteiger partial charge in [-0.15, -0.1) is 0 Å². The summed E-state index contributed by atoms with van der Waals surface area (Å²) in [5.41, 5.74) is 0.430. The number of urea groups is 1. The summed E-state index contributed by atoms with van der Waals surface area (Å²) >= 11 is 0. The standard InChI is InChI=1S/C20H18N2O6/c1-3-28-17-11-12(8-9-15(17)23)10-13-18(24)21-20(26)22(19(13)25)14-6-4-5-7-16(14)27-2/h4-11,23H,3H2,1-2H3,(H,21,24,26). The number of para-hydroxylation sites is 2. The molecule has 0 atom stereocenters. The predicted octanol–water partition coefficient (Wildman–Crippen LogP) is 2.47. The third-order valence-corrected chi connectivity index (χ3v) is 4.02. The molecule has 4 amide bonds. The Morgan fingerprint density at radius 3 is 2.57 bits per heavy atom. The van der Waals surface area contributed by atoms with Gasteiger partial charge < -0.3 is 14.6 Å². The quantitative estimate of drug-likeness (QED) is 0.608. The molecule has 0 unspecified atom stereocenters. The molecule has 2 aromatic rings. The van der Waals surface area contributed by atoms with E-state index < -0.39 is 17.8 Å². The number of hydrogen-bond donors (Lipinski definition) is 2. The van der Waals surface area contributed by atoms with Crippen LogP contribution in [0.4, 0.5) is 10.5 Å². The van der Waals surface area contributed by atoms with Gasteiger partial charge in [-0.3, -0.25) is 14.9 Å². The molecule has 3 rings (SSSR count). The highest BCUT2D eigenvalue weighted by Gasteiger charge is 2.38. The molecule has 2 N–H and O–H groups in total. The second-order valence-electron chi connectivity index (χ2n) is 5.79. The zero-order chi connectivity index (χ0) is 20.3. The number of carbonyl (C=O) groups is 3. The molecule has 1 aliphatic heterocycles. The minimum absolute atomic E-state index is 0.0609. The lowest BCUT2D eigenvalue weighted by molar-refractivity contribution is -0.122. The number of ether oxygens (including phenoxy) is 2. The van der Waals surface area contributed by atoms with Gasteiger partial charge in [-0.2, -0.15) is 0 Å². The normalized spacial score (nSPS) is 15.6. The van der Waals surface area contributed by atoms with Crippen LogP contribution in [0.5, 0.6) is 17.2 Å². The summed E-state index contributed by atoms with van der Waals surface area (Å²) in [6.45, 7) is 2.10. The van der Waals surface area contributed by atoms with E-state index in [0.29, 0.717) is 17.9 Å². The fourth-order valence-corrected chi connectivity index (χ4v) is 2.75. The lowest BCUT2D eigenvalue weighted by Gasteiger charge is -2.27. The number of nitrogens with zero attached hydrogens (tertiary/aromatic N) is 1. The van der Waals surface area contributed by atoms with E-state index in [4.69, 9.17) is 9.47 Å². The number of phenols is 1. The van der Waals surface area contributed by atoms with Gasteiger partial charge in [-0.1, -0.05) is 18.2 Å². The maximum Gasteiger partial charge on any atom is 0.336 e. The average molecular weight is 382 g/mol. The summed E-state index contributed by atoms with van der Waals surface area (Å²) in [6.07, 6.45) is 1.33. The number of benzene rings is 2. The second-order valence-corrected chi connectivity index (χ2v) is 5.79. The molecule has 0 aliphatic carbocycles. The van der Waals surface area contributed by atoms with Crippen molar-refractivity contribution in [2.24, 2.45) is 0 Å². The summed E-state index contributed by atoms with van der Waals surface area (Å²) in [7, 11) is 1.42. The number of anilines is 1. The maximum atomic E-state index is 12.9. The minimum atomic E-state index is -0.864. The Morgan fingerprint density at radius 1 is 1.11 bits per heavy atom. The first-order valence-corrected chi connectivity index (χ1v) is 8.46. The van der Waals surface area contributed by atoms with Crippen LogP contribution in [0.1, 0.15) is 12.5 Å². The van der Waals surface area contributed by atoms with Gasteiger partial charge in [0.2, 0.25) is 0 Å². The van der Waals surface area contributed by atoms with Crippen LogP contribution >= 0.6 is 0 Å². The summed E-state index contributed by atoms with van der Waals surface area (Å²) in [4.78, 5) is 38.4. The topological polar surface area (TPSA) is 105 Å². The number of hydrogen-bond acceptors (Lipinski definition) is 6. The molecule has 28 heavy (non-hydrogen) atoms. The lowest BCUT2D eigenvalue weighted by Crippen LogP contribution is -2.54. The van der Waals surface area contributed by atoms with E-state index in [1.807, 2.05) is 0 Å². The molecular formula is C20H18N2O6. The smallest absolute Gasteiger partial charge is 0.336 e. The molecule has 8 heteroatoms. The van der Waals surface area contributed by atoms with E-state index in [2.05, 4.69) is 5.32 Å². The third-order valence-electron chi connectivity index (χ3n) is 4.02. The van der Waals surface area contributed by atoms with Crippen molar-refractivity contribution in [3.63, 3.8) is 0 Å². The number of rotatable bonds is 5. The van der Waals surface area contributed by atoms with Crippen molar-refractivity contribution < 1.29 is 29.0 Å². The van der Waals surface area contributed by atoms with Gasteiger partial charge in [-0.25, -0.2) is 9.69 Å². The fourth-order valence-electron chi connectivity index (χ4n) is 2.75. The molecule has 144 valence electrons. The van der Waals surface area contributed by atoms with Gasteiger partial charge in [0.1, 0.15) is 11.3 Å². The van der Waals surface area contributed by atoms with Crippen molar-refractivity contribution >= 4 is 29.6 Å². The Bertz CT molecular complexity index is 982. The first-order valence-electron chi connectivity index (χ1n) is 8.46. The van der Waals surface area contributed by atoms with Crippen LogP contribution in [0.3, 0.4) is 0 Å². The molecule has 1 saturated heterocycles. The number of amides is 4. The van der Waals surface area contributed by atoms with Gasteiger partial charge in [0, 0.05) is 0 Å². The molecule has 8 nitrogen and oxygen atoms in total. The highest BCUT2D eigenvalue weighted by atomic mass is 16.5. The minimum Gasteiger partial charge on any atom is -0.504 e. The largest absolute Gasteiger partial charge is 0.504 e. The number of methoxy groups -OCH3 is 1. The molecule has 0 bridgehead atoms. The Balaban J connectivity index is 2.03. The van der Waals surface area contributed by atoms with Gasteiger partial charge in [0.25, 0.3) is 11.8 Å². The van der Waals surface area contributed by atoms with Crippen LogP contribution in [-0.2, 0) is 9.59 Å². The molecule has 0 aromatic heterocycles. The molecule has 2 aromatic carbocycles. The first kappa shape index (κ1) is 19.0. The van der Waals surface area contributed by atoms with E-state index >= 15 is 0 Å². The number of barbiturate groups is 1. The summed E-state index contributed by atoms with van der Waals surface area (Å²) in [5.74, 6) is -1.13. The van der Waals surface area contributed by atoms with E-state index in [0.717, 1.165) is 4.90 Å². The van der Waals surface area contributed by atoms with E-state index in [1.54, 1.807) is 25.1 Å². The van der Waals surface area contributed by atoms with Crippen molar-refractivity contribution in [2.75, 3.05) is 18.6 Å². The van der Waals surface area contributed by atoms with E-state index in [9.17, 15) is 19.5 Å². The SMILES string of the molecule is CCOc1cc(C=C2C(=O)NC(=O)N(c3ccccc3OC)C2=O)ccc1O. The van der Waals surface area contributed by atoms with Crippen molar-refractivity contribution in [1.29, 1.82) is 0 Å². The fraction of sp³-hybridized carbons (Fsp3) is 0.150. The lowest BCUT2D eigenvalue weighted by atomic mass is 10.1. The Labute approximate surface area is 161 Å².